The van der Waals surface area contributed by atoms with E-state index >= 15 is 0 Å². The maximum atomic E-state index is 6.07. The molecule has 2 atom stereocenters. The van der Waals surface area contributed by atoms with Crippen LogP contribution in [-0.4, -0.2) is 10.1 Å². The molecule has 0 saturated heterocycles. The molecule has 2 aromatic rings. The molecular weight excluding hydrogens is 330 g/mol. The highest BCUT2D eigenvalue weighted by Crippen LogP contribution is 2.28. The minimum atomic E-state index is -0.234. The molecule has 19 heavy (non-hydrogen) atoms. The molecular formula is C13H15BrClN3O. The molecule has 4 nitrogen and oxygen atoms in total. The first-order valence-corrected chi connectivity index (χ1v) is 7.24. The van der Waals surface area contributed by atoms with Crippen LogP contribution in [0.1, 0.15) is 32.2 Å². The van der Waals surface area contributed by atoms with E-state index in [4.69, 9.17) is 21.9 Å². The van der Waals surface area contributed by atoms with Crippen LogP contribution in [0.5, 0.6) is 0 Å². The standard InChI is InChI=1S/C13H15BrClN3O/c1-3-7(2)11(16)13-17-12(18-19-13)8-4-5-10(15)9(14)6-8/h4-7,11H,3,16H2,1-2H3. The Labute approximate surface area is 125 Å². The largest absolute Gasteiger partial charge is 0.337 e. The number of aromatic nitrogens is 2. The van der Waals surface area contributed by atoms with E-state index in [1.54, 1.807) is 6.07 Å². The Morgan fingerprint density at radius 1 is 1.47 bits per heavy atom. The van der Waals surface area contributed by atoms with Gasteiger partial charge in [0.2, 0.25) is 11.7 Å². The summed E-state index contributed by atoms with van der Waals surface area (Å²) >= 11 is 9.32. The first-order chi connectivity index (χ1) is 9.02. The Morgan fingerprint density at radius 2 is 2.21 bits per heavy atom. The molecule has 0 spiro atoms. The van der Waals surface area contributed by atoms with Crippen molar-refractivity contribution in [2.75, 3.05) is 0 Å². The van der Waals surface area contributed by atoms with Crippen molar-refractivity contribution in [3.05, 3.63) is 33.6 Å². The summed E-state index contributed by atoms with van der Waals surface area (Å²) in [6, 6.07) is 5.25. The van der Waals surface area contributed by atoms with Gasteiger partial charge < -0.3 is 10.3 Å². The molecule has 102 valence electrons. The minimum Gasteiger partial charge on any atom is -0.337 e. The summed E-state index contributed by atoms with van der Waals surface area (Å²) in [6.45, 7) is 4.14. The number of hydrogen-bond acceptors (Lipinski definition) is 4. The van der Waals surface area contributed by atoms with Crippen LogP contribution in [0.3, 0.4) is 0 Å². The van der Waals surface area contributed by atoms with E-state index in [1.165, 1.54) is 0 Å². The monoisotopic (exact) mass is 343 g/mol. The van der Waals surface area contributed by atoms with Gasteiger partial charge in [0.1, 0.15) is 0 Å². The van der Waals surface area contributed by atoms with Gasteiger partial charge in [-0.3, -0.25) is 0 Å². The zero-order valence-electron chi connectivity index (χ0n) is 10.7. The lowest BCUT2D eigenvalue weighted by atomic mass is 10.0. The summed E-state index contributed by atoms with van der Waals surface area (Å²) in [5.74, 6) is 1.28. The fourth-order valence-electron chi connectivity index (χ4n) is 1.62. The molecule has 0 saturated carbocycles. The lowest BCUT2D eigenvalue weighted by Crippen LogP contribution is -2.18. The van der Waals surface area contributed by atoms with E-state index < -0.39 is 0 Å². The smallest absolute Gasteiger partial charge is 0.244 e. The fraction of sp³-hybridized carbons (Fsp3) is 0.385. The molecule has 2 rings (SSSR count). The third kappa shape index (κ3) is 3.16. The van der Waals surface area contributed by atoms with Crippen molar-refractivity contribution in [1.82, 2.24) is 10.1 Å². The average molecular weight is 345 g/mol. The van der Waals surface area contributed by atoms with Crippen molar-refractivity contribution < 1.29 is 4.52 Å². The van der Waals surface area contributed by atoms with Gasteiger partial charge in [-0.05, 0) is 40.0 Å². The van der Waals surface area contributed by atoms with Crippen LogP contribution in [0.15, 0.2) is 27.2 Å². The van der Waals surface area contributed by atoms with Crippen molar-refractivity contribution in [3.8, 4) is 11.4 Å². The SMILES string of the molecule is CCC(C)C(N)c1nc(-c2ccc(Cl)c(Br)c2)no1. The van der Waals surface area contributed by atoms with Crippen molar-refractivity contribution in [2.45, 2.75) is 26.3 Å². The third-order valence-corrected chi connectivity index (χ3v) is 4.38. The van der Waals surface area contributed by atoms with Crippen LogP contribution in [0.25, 0.3) is 11.4 Å². The number of nitrogens with zero attached hydrogens (tertiary/aromatic N) is 2. The Kier molecular flexibility index (Phi) is 4.60. The fourth-order valence-corrected chi connectivity index (χ4v) is 2.12. The molecule has 2 unspecified atom stereocenters. The van der Waals surface area contributed by atoms with Crippen molar-refractivity contribution in [3.63, 3.8) is 0 Å². The average Bonchev–Trinajstić information content (AvgIpc) is 2.89. The van der Waals surface area contributed by atoms with Crippen molar-refractivity contribution in [2.24, 2.45) is 11.7 Å². The van der Waals surface area contributed by atoms with Gasteiger partial charge in [-0.15, -0.1) is 0 Å². The van der Waals surface area contributed by atoms with Gasteiger partial charge in [0.15, 0.2) is 0 Å². The first kappa shape index (κ1) is 14.5. The molecule has 6 heteroatoms. The van der Waals surface area contributed by atoms with E-state index in [9.17, 15) is 0 Å². The molecule has 0 aliphatic rings. The Hall–Kier alpha value is -0.910. The Balaban J connectivity index is 2.27. The summed E-state index contributed by atoms with van der Waals surface area (Å²) in [4.78, 5) is 4.35. The second-order valence-electron chi connectivity index (χ2n) is 4.50. The molecule has 2 N–H and O–H groups in total. The van der Waals surface area contributed by atoms with Gasteiger partial charge in [-0.1, -0.05) is 37.0 Å². The Morgan fingerprint density at radius 3 is 2.84 bits per heavy atom. The molecule has 0 aliphatic carbocycles. The van der Waals surface area contributed by atoms with E-state index in [-0.39, 0.29) is 6.04 Å². The summed E-state index contributed by atoms with van der Waals surface area (Å²) < 4.78 is 6.04. The van der Waals surface area contributed by atoms with E-state index in [1.807, 2.05) is 12.1 Å². The predicted molar refractivity (Wildman–Crippen MR) is 78.8 cm³/mol. The summed E-state index contributed by atoms with van der Waals surface area (Å²) in [5.41, 5.74) is 6.90. The highest BCUT2D eigenvalue weighted by molar-refractivity contribution is 9.10. The lowest BCUT2D eigenvalue weighted by molar-refractivity contribution is 0.312. The quantitative estimate of drug-likeness (QED) is 0.903. The summed E-state index contributed by atoms with van der Waals surface area (Å²) in [5, 5.41) is 4.61. The van der Waals surface area contributed by atoms with Crippen LogP contribution in [-0.2, 0) is 0 Å². The molecule has 1 heterocycles. The number of rotatable bonds is 4. The van der Waals surface area contributed by atoms with Crippen LogP contribution < -0.4 is 5.73 Å². The van der Waals surface area contributed by atoms with E-state index in [2.05, 4.69) is 39.9 Å². The van der Waals surface area contributed by atoms with Gasteiger partial charge in [0, 0.05) is 10.0 Å². The predicted octanol–water partition coefficient (Wildman–Crippen LogP) is 4.20. The van der Waals surface area contributed by atoms with Gasteiger partial charge in [0.05, 0.1) is 11.1 Å². The van der Waals surface area contributed by atoms with Gasteiger partial charge >= 0.3 is 0 Å². The molecule has 0 bridgehead atoms. The minimum absolute atomic E-state index is 0.234. The van der Waals surface area contributed by atoms with Crippen molar-refractivity contribution >= 4 is 27.5 Å². The first-order valence-electron chi connectivity index (χ1n) is 6.07. The molecule has 1 aromatic carbocycles. The molecule has 1 aromatic heterocycles. The zero-order chi connectivity index (χ0) is 14.0. The topological polar surface area (TPSA) is 64.9 Å². The second-order valence-corrected chi connectivity index (χ2v) is 5.76. The van der Waals surface area contributed by atoms with Gasteiger partial charge in [0.25, 0.3) is 0 Å². The summed E-state index contributed by atoms with van der Waals surface area (Å²) in [7, 11) is 0. The highest BCUT2D eigenvalue weighted by atomic mass is 79.9. The normalized spacial score (nSPS) is 14.4. The zero-order valence-corrected chi connectivity index (χ0v) is 13.1. The van der Waals surface area contributed by atoms with Gasteiger partial charge in [-0.2, -0.15) is 4.98 Å². The maximum absolute atomic E-state index is 6.07. The molecule has 0 aliphatic heterocycles. The molecule has 0 amide bonds. The molecule has 0 radical (unpaired) electrons. The lowest BCUT2D eigenvalue weighted by Gasteiger charge is -2.12. The number of nitrogens with two attached hydrogens (primary N) is 1. The number of benzene rings is 1. The highest BCUT2D eigenvalue weighted by Gasteiger charge is 2.20. The van der Waals surface area contributed by atoms with E-state index in [0.717, 1.165) is 16.5 Å². The second kappa shape index (κ2) is 6.03. The van der Waals surface area contributed by atoms with Crippen LogP contribution in [0.2, 0.25) is 5.02 Å². The third-order valence-electron chi connectivity index (χ3n) is 3.16. The Bertz CT molecular complexity index is 573. The van der Waals surface area contributed by atoms with Crippen LogP contribution >= 0.6 is 27.5 Å². The maximum Gasteiger partial charge on any atom is 0.244 e. The van der Waals surface area contributed by atoms with Crippen LogP contribution in [0, 0.1) is 5.92 Å². The molecule has 0 fully saturated rings. The van der Waals surface area contributed by atoms with Crippen molar-refractivity contribution in [1.29, 1.82) is 0 Å². The number of hydrogen-bond donors (Lipinski definition) is 1. The van der Waals surface area contributed by atoms with Gasteiger partial charge in [-0.25, -0.2) is 0 Å². The summed E-state index contributed by atoms with van der Waals surface area (Å²) in [6.07, 6.45) is 0.964. The van der Waals surface area contributed by atoms with Crippen LogP contribution in [0.4, 0.5) is 0 Å². The van der Waals surface area contributed by atoms with E-state index in [0.29, 0.717) is 22.7 Å². The number of halogens is 2.